The van der Waals surface area contributed by atoms with E-state index in [1.807, 2.05) is 24.3 Å². The van der Waals surface area contributed by atoms with Crippen LogP contribution >= 0.6 is 0 Å². The number of rotatable bonds is 6. The number of amides is 1. The highest BCUT2D eigenvalue weighted by atomic mass is 16.5. The highest BCUT2D eigenvalue weighted by Gasteiger charge is 2.17. The third-order valence-electron chi connectivity index (χ3n) is 3.62. The number of carbonyl (C=O) groups is 1. The Kier molecular flexibility index (Phi) is 5.25. The van der Waals surface area contributed by atoms with Crippen LogP contribution in [0.5, 0.6) is 5.75 Å². The normalized spacial score (nSPS) is 11.4. The molecule has 3 rings (SSSR count). The molecule has 0 saturated carbocycles. The van der Waals surface area contributed by atoms with E-state index in [4.69, 9.17) is 10.00 Å². The van der Waals surface area contributed by atoms with E-state index in [-0.39, 0.29) is 5.91 Å². The van der Waals surface area contributed by atoms with Gasteiger partial charge in [0.1, 0.15) is 11.8 Å². The number of nitriles is 1. The second-order valence-electron chi connectivity index (χ2n) is 5.58. The Labute approximate surface area is 150 Å². The third-order valence-corrected chi connectivity index (χ3v) is 3.62. The van der Waals surface area contributed by atoms with E-state index in [2.05, 4.69) is 15.4 Å². The van der Waals surface area contributed by atoms with Gasteiger partial charge >= 0.3 is 0 Å². The molecule has 0 spiro atoms. The van der Waals surface area contributed by atoms with Crippen LogP contribution in [-0.4, -0.2) is 26.8 Å². The van der Waals surface area contributed by atoms with Gasteiger partial charge in [0.15, 0.2) is 11.9 Å². The summed E-state index contributed by atoms with van der Waals surface area (Å²) in [6.45, 7) is 2.13. The third kappa shape index (κ3) is 4.24. The number of ether oxygens (including phenoxy) is 1. The molecular formula is C19H17N5O2. The first-order valence-electron chi connectivity index (χ1n) is 8.06. The lowest BCUT2D eigenvalue weighted by Crippen LogP contribution is -2.30. The summed E-state index contributed by atoms with van der Waals surface area (Å²) in [6.07, 6.45) is 2.71. The smallest absolute Gasteiger partial charge is 0.266 e. The maximum absolute atomic E-state index is 12.3. The maximum Gasteiger partial charge on any atom is 0.266 e. The fourth-order valence-corrected chi connectivity index (χ4v) is 2.31. The number of nitrogens with zero attached hydrogens (tertiary/aromatic N) is 4. The molecule has 0 bridgehead atoms. The zero-order valence-corrected chi connectivity index (χ0v) is 14.2. The van der Waals surface area contributed by atoms with Crippen molar-refractivity contribution in [3.63, 3.8) is 0 Å². The van der Waals surface area contributed by atoms with Crippen molar-refractivity contribution in [1.29, 1.82) is 5.26 Å². The quantitative estimate of drug-likeness (QED) is 0.740. The number of benzene rings is 1. The summed E-state index contributed by atoms with van der Waals surface area (Å²) in [7, 11) is 0. The number of anilines is 1. The molecule has 2 aromatic heterocycles. The van der Waals surface area contributed by atoms with Crippen LogP contribution in [0.1, 0.15) is 18.2 Å². The SMILES string of the molecule is C[C@@H](Oc1ccccc1C#N)C(=O)Nc1ccn(Cc2ccccn2)n1. The average Bonchev–Trinajstić information content (AvgIpc) is 3.09. The van der Waals surface area contributed by atoms with E-state index in [1.54, 1.807) is 54.3 Å². The number of hydrogen-bond donors (Lipinski definition) is 1. The lowest BCUT2D eigenvalue weighted by atomic mass is 10.2. The Morgan fingerprint density at radius 2 is 2.08 bits per heavy atom. The Balaban J connectivity index is 1.60. The van der Waals surface area contributed by atoms with Crippen molar-refractivity contribution in [2.75, 3.05) is 5.32 Å². The van der Waals surface area contributed by atoms with Crippen molar-refractivity contribution in [2.24, 2.45) is 0 Å². The molecule has 1 N–H and O–H groups in total. The molecule has 26 heavy (non-hydrogen) atoms. The van der Waals surface area contributed by atoms with E-state index >= 15 is 0 Å². The number of nitrogens with one attached hydrogen (secondary N) is 1. The van der Waals surface area contributed by atoms with E-state index in [0.717, 1.165) is 5.69 Å². The van der Waals surface area contributed by atoms with Gasteiger partial charge in [0.05, 0.1) is 17.8 Å². The van der Waals surface area contributed by atoms with Crippen LogP contribution in [0.4, 0.5) is 5.82 Å². The van der Waals surface area contributed by atoms with Gasteiger partial charge in [-0.15, -0.1) is 0 Å². The highest BCUT2D eigenvalue weighted by Crippen LogP contribution is 2.18. The minimum Gasteiger partial charge on any atom is -0.480 e. The minimum atomic E-state index is -0.773. The van der Waals surface area contributed by atoms with E-state index in [0.29, 0.717) is 23.7 Å². The van der Waals surface area contributed by atoms with Gasteiger partial charge in [0.2, 0.25) is 0 Å². The minimum absolute atomic E-state index is 0.346. The lowest BCUT2D eigenvalue weighted by molar-refractivity contribution is -0.122. The second-order valence-corrected chi connectivity index (χ2v) is 5.58. The number of carbonyl (C=O) groups excluding carboxylic acids is 1. The van der Waals surface area contributed by atoms with Crippen LogP contribution in [0.25, 0.3) is 0 Å². The van der Waals surface area contributed by atoms with Crippen LogP contribution in [-0.2, 0) is 11.3 Å². The summed E-state index contributed by atoms with van der Waals surface area (Å²) < 4.78 is 7.28. The van der Waals surface area contributed by atoms with Crippen molar-refractivity contribution in [1.82, 2.24) is 14.8 Å². The highest BCUT2D eigenvalue weighted by molar-refractivity contribution is 5.93. The molecule has 0 fully saturated rings. The van der Waals surface area contributed by atoms with Crippen molar-refractivity contribution < 1.29 is 9.53 Å². The molecule has 7 nitrogen and oxygen atoms in total. The van der Waals surface area contributed by atoms with Crippen LogP contribution in [0.3, 0.4) is 0 Å². The standard InChI is InChI=1S/C19H17N5O2/c1-14(26-17-8-3-2-6-15(17)12-20)19(25)22-18-9-11-24(23-18)13-16-7-4-5-10-21-16/h2-11,14H,13H2,1H3,(H,22,23,25)/t14-/m1/s1. The lowest BCUT2D eigenvalue weighted by Gasteiger charge is -2.14. The molecule has 1 atom stereocenters. The molecule has 0 unspecified atom stereocenters. The number of hydrogen-bond acceptors (Lipinski definition) is 5. The molecule has 0 radical (unpaired) electrons. The largest absolute Gasteiger partial charge is 0.480 e. The van der Waals surface area contributed by atoms with Crippen LogP contribution < -0.4 is 10.1 Å². The van der Waals surface area contributed by atoms with Gasteiger partial charge in [0, 0.05) is 18.5 Å². The van der Waals surface area contributed by atoms with Gasteiger partial charge in [-0.2, -0.15) is 10.4 Å². The number of para-hydroxylation sites is 1. The van der Waals surface area contributed by atoms with Gasteiger partial charge in [0.25, 0.3) is 5.91 Å². The molecule has 1 aromatic carbocycles. The van der Waals surface area contributed by atoms with Crippen molar-refractivity contribution >= 4 is 11.7 Å². The molecule has 1 amide bonds. The molecule has 0 aliphatic rings. The molecule has 2 heterocycles. The van der Waals surface area contributed by atoms with Gasteiger partial charge in [-0.3, -0.25) is 14.5 Å². The Hall–Kier alpha value is -3.66. The van der Waals surface area contributed by atoms with Crippen molar-refractivity contribution in [2.45, 2.75) is 19.6 Å². The van der Waals surface area contributed by atoms with Gasteiger partial charge in [-0.1, -0.05) is 18.2 Å². The Bertz CT molecular complexity index is 930. The molecule has 0 saturated heterocycles. The fourth-order valence-electron chi connectivity index (χ4n) is 2.31. The predicted molar refractivity (Wildman–Crippen MR) is 95.4 cm³/mol. The summed E-state index contributed by atoms with van der Waals surface area (Å²) >= 11 is 0. The van der Waals surface area contributed by atoms with E-state index in [1.165, 1.54) is 0 Å². The number of pyridine rings is 1. The monoisotopic (exact) mass is 347 g/mol. The van der Waals surface area contributed by atoms with Crippen molar-refractivity contribution in [3.8, 4) is 11.8 Å². The first-order chi connectivity index (χ1) is 12.7. The molecule has 0 aliphatic heterocycles. The van der Waals surface area contributed by atoms with Crippen molar-refractivity contribution in [3.05, 3.63) is 72.2 Å². The zero-order chi connectivity index (χ0) is 18.4. The van der Waals surface area contributed by atoms with Gasteiger partial charge < -0.3 is 10.1 Å². The zero-order valence-electron chi connectivity index (χ0n) is 14.2. The molecule has 0 aliphatic carbocycles. The topological polar surface area (TPSA) is 92.8 Å². The summed E-state index contributed by atoms with van der Waals surface area (Å²) in [6, 6.07) is 16.2. The molecule has 7 heteroatoms. The Morgan fingerprint density at radius 1 is 1.27 bits per heavy atom. The summed E-state index contributed by atoms with van der Waals surface area (Å²) in [4.78, 5) is 16.5. The van der Waals surface area contributed by atoms with E-state index in [9.17, 15) is 4.79 Å². The van der Waals surface area contributed by atoms with E-state index < -0.39 is 6.10 Å². The first-order valence-corrected chi connectivity index (χ1v) is 8.06. The molecule has 3 aromatic rings. The summed E-state index contributed by atoms with van der Waals surface area (Å²) in [5.41, 5.74) is 1.25. The predicted octanol–water partition coefficient (Wildman–Crippen LogP) is 2.60. The summed E-state index contributed by atoms with van der Waals surface area (Å²) in [5, 5.41) is 16.1. The van der Waals surface area contributed by atoms with Crippen LogP contribution in [0, 0.1) is 11.3 Å². The number of aromatic nitrogens is 3. The second kappa shape index (κ2) is 7.94. The molecular weight excluding hydrogens is 330 g/mol. The Morgan fingerprint density at radius 3 is 2.85 bits per heavy atom. The average molecular weight is 347 g/mol. The fraction of sp³-hybridized carbons (Fsp3) is 0.158. The first kappa shape index (κ1) is 17.2. The van der Waals surface area contributed by atoms with Crippen LogP contribution in [0.15, 0.2) is 60.9 Å². The van der Waals surface area contributed by atoms with Gasteiger partial charge in [-0.05, 0) is 31.2 Å². The summed E-state index contributed by atoms with van der Waals surface area (Å²) in [5.74, 6) is 0.453. The van der Waals surface area contributed by atoms with Gasteiger partial charge in [-0.25, -0.2) is 0 Å². The maximum atomic E-state index is 12.3. The molecule has 130 valence electrons. The van der Waals surface area contributed by atoms with Crippen LogP contribution in [0.2, 0.25) is 0 Å².